The van der Waals surface area contributed by atoms with E-state index in [0.29, 0.717) is 13.0 Å². The van der Waals surface area contributed by atoms with Crippen LogP contribution in [0.1, 0.15) is 54.4 Å². The predicted molar refractivity (Wildman–Crippen MR) is 102 cm³/mol. The Balaban J connectivity index is 1.62. The van der Waals surface area contributed by atoms with E-state index in [1.54, 1.807) is 0 Å². The van der Waals surface area contributed by atoms with Gasteiger partial charge in [0.25, 0.3) is 0 Å². The second-order valence-electron chi connectivity index (χ2n) is 7.25. The number of carbonyl (C=O) groups excluding carboxylic acids is 1. The number of carbonyl (C=O) groups is 1. The number of benzene rings is 1. The molecule has 1 amide bonds. The molecular weight excluding hydrogens is 324 g/mol. The molecule has 2 aliphatic rings. The van der Waals surface area contributed by atoms with Crippen LogP contribution in [-0.2, 0) is 17.6 Å². The van der Waals surface area contributed by atoms with Crippen molar-refractivity contribution in [2.24, 2.45) is 0 Å². The molecule has 26 heavy (non-hydrogen) atoms. The van der Waals surface area contributed by atoms with E-state index >= 15 is 0 Å². The molecular formula is C21H26N4O. The summed E-state index contributed by atoms with van der Waals surface area (Å²) in [4.78, 5) is 24.2. The van der Waals surface area contributed by atoms with Gasteiger partial charge in [-0.2, -0.15) is 0 Å². The van der Waals surface area contributed by atoms with Crippen LogP contribution in [0, 0.1) is 6.92 Å². The number of fused-ring (bicyclic) bond motifs is 1. The molecule has 1 saturated heterocycles. The van der Waals surface area contributed by atoms with Gasteiger partial charge < -0.3 is 5.32 Å². The van der Waals surface area contributed by atoms with Crippen molar-refractivity contribution in [3.05, 3.63) is 53.0 Å². The normalized spacial score (nSPS) is 20.1. The monoisotopic (exact) mass is 350 g/mol. The number of anilines is 1. The lowest BCUT2D eigenvalue weighted by Gasteiger charge is -2.31. The van der Waals surface area contributed by atoms with Crippen molar-refractivity contribution >= 4 is 11.7 Å². The van der Waals surface area contributed by atoms with Crippen LogP contribution in [0.15, 0.2) is 30.3 Å². The van der Waals surface area contributed by atoms with Crippen LogP contribution in [0.25, 0.3) is 0 Å². The zero-order valence-electron chi connectivity index (χ0n) is 15.4. The van der Waals surface area contributed by atoms with Gasteiger partial charge in [-0.1, -0.05) is 36.8 Å². The van der Waals surface area contributed by atoms with Crippen molar-refractivity contribution in [2.45, 2.75) is 51.5 Å². The van der Waals surface area contributed by atoms with Crippen LogP contribution in [-0.4, -0.2) is 29.0 Å². The molecule has 1 aromatic carbocycles. The van der Waals surface area contributed by atoms with E-state index in [0.717, 1.165) is 48.7 Å². The first-order valence-electron chi connectivity index (χ1n) is 9.67. The minimum Gasteiger partial charge on any atom is -0.307 e. The molecule has 1 aromatic heterocycles. The zero-order chi connectivity index (χ0) is 17.9. The molecule has 0 aliphatic carbocycles. The van der Waals surface area contributed by atoms with Gasteiger partial charge in [-0.3, -0.25) is 9.69 Å². The molecule has 4 rings (SSSR count). The highest BCUT2D eigenvalue weighted by molar-refractivity contribution is 5.95. The Morgan fingerprint density at radius 3 is 2.77 bits per heavy atom. The molecule has 0 bridgehead atoms. The van der Waals surface area contributed by atoms with Gasteiger partial charge in [0.05, 0.1) is 6.04 Å². The van der Waals surface area contributed by atoms with Crippen molar-refractivity contribution in [3.8, 4) is 0 Å². The summed E-state index contributed by atoms with van der Waals surface area (Å²) >= 11 is 0. The Hall–Kier alpha value is -2.27. The van der Waals surface area contributed by atoms with Crippen LogP contribution in [0.4, 0.5) is 5.82 Å². The molecule has 1 atom stereocenters. The lowest BCUT2D eigenvalue weighted by atomic mass is 10.0. The maximum absolute atomic E-state index is 12.6. The Morgan fingerprint density at radius 2 is 2.00 bits per heavy atom. The van der Waals surface area contributed by atoms with E-state index in [-0.39, 0.29) is 11.9 Å². The second kappa shape index (κ2) is 7.54. The van der Waals surface area contributed by atoms with Crippen LogP contribution in [0.3, 0.4) is 0 Å². The van der Waals surface area contributed by atoms with Gasteiger partial charge in [0.2, 0.25) is 5.91 Å². The topological polar surface area (TPSA) is 58.1 Å². The predicted octanol–water partition coefficient (Wildman–Crippen LogP) is 3.12. The van der Waals surface area contributed by atoms with E-state index < -0.39 is 0 Å². The Bertz CT molecular complexity index is 784. The Kier molecular flexibility index (Phi) is 4.98. The first-order chi connectivity index (χ1) is 12.7. The Labute approximate surface area is 154 Å². The van der Waals surface area contributed by atoms with Crippen LogP contribution in [0.2, 0.25) is 0 Å². The minimum absolute atomic E-state index is 0.175. The number of aryl methyl sites for hydroxylation is 1. The highest BCUT2D eigenvalue weighted by Crippen LogP contribution is 2.30. The number of hydrogen-bond acceptors (Lipinski definition) is 4. The van der Waals surface area contributed by atoms with E-state index in [2.05, 4.69) is 24.4 Å². The molecule has 3 heterocycles. The fourth-order valence-corrected chi connectivity index (χ4v) is 3.95. The number of piperidine rings is 1. The van der Waals surface area contributed by atoms with Gasteiger partial charge in [0.1, 0.15) is 11.6 Å². The fourth-order valence-electron chi connectivity index (χ4n) is 3.95. The van der Waals surface area contributed by atoms with Crippen LogP contribution >= 0.6 is 0 Å². The van der Waals surface area contributed by atoms with E-state index in [9.17, 15) is 4.79 Å². The molecule has 2 aliphatic heterocycles. The first kappa shape index (κ1) is 17.2. The summed E-state index contributed by atoms with van der Waals surface area (Å²) in [7, 11) is 0. The zero-order valence-corrected chi connectivity index (χ0v) is 15.4. The summed E-state index contributed by atoms with van der Waals surface area (Å²) < 4.78 is 0. The standard InChI is InChI=1S/C21H26N4O/c1-15-17-10-11-19(26)25(14-12-16-7-3-2-4-8-16)21(17)24-20(23-15)18-9-5-6-13-22-18/h2-4,7-8,18,22H,5-6,9-14H2,1H3/t18-/m1/s1. The van der Waals surface area contributed by atoms with Crippen molar-refractivity contribution in [3.63, 3.8) is 0 Å². The molecule has 1 fully saturated rings. The van der Waals surface area contributed by atoms with Gasteiger partial charge >= 0.3 is 0 Å². The summed E-state index contributed by atoms with van der Waals surface area (Å²) in [5, 5.41) is 3.52. The molecule has 1 N–H and O–H groups in total. The van der Waals surface area contributed by atoms with E-state index in [1.807, 2.05) is 23.1 Å². The summed E-state index contributed by atoms with van der Waals surface area (Å²) in [6, 6.07) is 10.5. The number of aromatic nitrogens is 2. The smallest absolute Gasteiger partial charge is 0.228 e. The minimum atomic E-state index is 0.175. The molecule has 0 unspecified atom stereocenters. The summed E-state index contributed by atoms with van der Waals surface area (Å²) in [6.07, 6.45) is 5.62. The molecule has 0 spiro atoms. The lowest BCUT2D eigenvalue weighted by Crippen LogP contribution is -2.39. The van der Waals surface area contributed by atoms with Gasteiger partial charge in [-0.25, -0.2) is 9.97 Å². The average Bonchev–Trinajstić information content (AvgIpc) is 2.68. The molecule has 5 heteroatoms. The van der Waals surface area contributed by atoms with Gasteiger partial charge in [-0.05, 0) is 44.7 Å². The maximum atomic E-state index is 12.6. The third-order valence-corrected chi connectivity index (χ3v) is 5.44. The van der Waals surface area contributed by atoms with E-state index in [1.165, 1.54) is 18.4 Å². The quantitative estimate of drug-likeness (QED) is 0.920. The average molecular weight is 350 g/mol. The highest BCUT2D eigenvalue weighted by Gasteiger charge is 2.29. The summed E-state index contributed by atoms with van der Waals surface area (Å²) in [6.45, 7) is 3.74. The number of nitrogens with one attached hydrogen (secondary N) is 1. The largest absolute Gasteiger partial charge is 0.307 e. The summed E-state index contributed by atoms with van der Waals surface area (Å²) in [5.41, 5.74) is 3.40. The fraction of sp³-hybridized carbons (Fsp3) is 0.476. The van der Waals surface area contributed by atoms with Crippen LogP contribution < -0.4 is 10.2 Å². The third-order valence-electron chi connectivity index (χ3n) is 5.44. The molecule has 136 valence electrons. The van der Waals surface area contributed by atoms with Crippen molar-refractivity contribution < 1.29 is 4.79 Å². The summed E-state index contributed by atoms with van der Waals surface area (Å²) in [5.74, 6) is 1.86. The molecule has 0 radical (unpaired) electrons. The highest BCUT2D eigenvalue weighted by atomic mass is 16.2. The SMILES string of the molecule is Cc1nc([C@H]2CCCCN2)nc2c1CCC(=O)N2CCc1ccccc1. The molecule has 5 nitrogen and oxygen atoms in total. The third kappa shape index (κ3) is 3.49. The van der Waals surface area contributed by atoms with Gasteiger partial charge in [-0.15, -0.1) is 0 Å². The van der Waals surface area contributed by atoms with Gasteiger partial charge in [0, 0.05) is 24.2 Å². The van der Waals surface area contributed by atoms with Crippen molar-refractivity contribution in [1.82, 2.24) is 15.3 Å². The van der Waals surface area contributed by atoms with Crippen LogP contribution in [0.5, 0.6) is 0 Å². The number of nitrogens with zero attached hydrogens (tertiary/aromatic N) is 3. The first-order valence-corrected chi connectivity index (χ1v) is 9.67. The Morgan fingerprint density at radius 1 is 1.15 bits per heavy atom. The van der Waals surface area contributed by atoms with Gasteiger partial charge in [0.15, 0.2) is 0 Å². The van der Waals surface area contributed by atoms with Crippen molar-refractivity contribution in [2.75, 3.05) is 18.0 Å². The number of amides is 1. The maximum Gasteiger partial charge on any atom is 0.228 e. The van der Waals surface area contributed by atoms with E-state index in [4.69, 9.17) is 9.97 Å². The molecule has 2 aromatic rings. The lowest BCUT2D eigenvalue weighted by molar-refractivity contribution is -0.118. The van der Waals surface area contributed by atoms with Crippen molar-refractivity contribution in [1.29, 1.82) is 0 Å². The number of hydrogen-bond donors (Lipinski definition) is 1. The molecule has 0 saturated carbocycles. The number of rotatable bonds is 4. The second-order valence-corrected chi connectivity index (χ2v) is 7.25.